The average molecular weight is 193 g/mol. The maximum absolute atomic E-state index is 8.65. The molecule has 0 heterocycles. The molecule has 74 valence electrons. The molecular weight excluding hydrogens is 182 g/mol. The van der Waals surface area contributed by atoms with E-state index in [1.165, 1.54) is 14.2 Å². The number of nitrogens with zero attached hydrogens (tertiary/aromatic N) is 1. The second kappa shape index (κ2) is 5.10. The Hall–Kier alpha value is -1.73. The number of hydrogen-bond acceptors (Lipinski definition) is 4. The topological polar surface area (TPSA) is 51.5 Å². The van der Waals surface area contributed by atoms with Gasteiger partial charge in [-0.1, -0.05) is 0 Å². The molecule has 1 rings (SSSR count). The number of rotatable bonds is 4. The van der Waals surface area contributed by atoms with E-state index in [1.807, 2.05) is 6.07 Å². The summed E-state index contributed by atoms with van der Waals surface area (Å²) < 4.78 is 15.0. The molecule has 0 bridgehead atoms. The van der Waals surface area contributed by atoms with Crippen LogP contribution in [0.1, 0.15) is 5.56 Å². The van der Waals surface area contributed by atoms with Crippen LogP contribution < -0.4 is 9.47 Å². The minimum atomic E-state index is 0.155. The van der Waals surface area contributed by atoms with Gasteiger partial charge in [-0.05, 0) is 12.1 Å². The van der Waals surface area contributed by atoms with Crippen LogP contribution in [0.2, 0.25) is 0 Å². The Bertz CT molecular complexity index is 344. The normalized spacial score (nSPS) is 9.21. The maximum Gasteiger partial charge on any atom is 0.188 e. The molecule has 0 aliphatic carbocycles. The summed E-state index contributed by atoms with van der Waals surface area (Å²) >= 11 is 0. The minimum absolute atomic E-state index is 0.155. The quantitative estimate of drug-likeness (QED) is 0.681. The van der Waals surface area contributed by atoms with Gasteiger partial charge in [-0.3, -0.25) is 0 Å². The van der Waals surface area contributed by atoms with Gasteiger partial charge in [0.15, 0.2) is 18.3 Å². The molecule has 0 fully saturated rings. The van der Waals surface area contributed by atoms with Gasteiger partial charge in [-0.2, -0.15) is 5.26 Å². The number of hydrogen-bond donors (Lipinski definition) is 0. The van der Waals surface area contributed by atoms with Crippen molar-refractivity contribution in [1.82, 2.24) is 0 Å². The van der Waals surface area contributed by atoms with Gasteiger partial charge in [0.05, 0.1) is 18.7 Å². The first-order valence-electron chi connectivity index (χ1n) is 4.01. The molecule has 0 atom stereocenters. The molecule has 4 nitrogen and oxygen atoms in total. The van der Waals surface area contributed by atoms with E-state index >= 15 is 0 Å². The summed E-state index contributed by atoms with van der Waals surface area (Å²) in [5.74, 6) is 1.09. The van der Waals surface area contributed by atoms with Gasteiger partial charge in [-0.15, -0.1) is 0 Å². The Balaban J connectivity index is 2.89. The van der Waals surface area contributed by atoms with Crippen molar-refractivity contribution in [3.63, 3.8) is 0 Å². The van der Waals surface area contributed by atoms with Crippen molar-refractivity contribution >= 4 is 0 Å². The van der Waals surface area contributed by atoms with E-state index in [-0.39, 0.29) is 6.79 Å². The molecule has 1 aromatic rings. The van der Waals surface area contributed by atoms with Gasteiger partial charge in [0.2, 0.25) is 0 Å². The van der Waals surface area contributed by atoms with Crippen LogP contribution in [0.3, 0.4) is 0 Å². The molecular formula is C10H11NO3. The molecule has 1 aromatic carbocycles. The summed E-state index contributed by atoms with van der Waals surface area (Å²) in [5.41, 5.74) is 0.534. The lowest BCUT2D eigenvalue weighted by Crippen LogP contribution is -2.00. The summed E-state index contributed by atoms with van der Waals surface area (Å²) in [5, 5.41) is 8.65. The molecule has 0 amide bonds. The summed E-state index contributed by atoms with van der Waals surface area (Å²) in [6.07, 6.45) is 0. The monoisotopic (exact) mass is 193 g/mol. The average Bonchev–Trinajstić information content (AvgIpc) is 2.26. The first-order chi connectivity index (χ1) is 6.81. The molecule has 4 heteroatoms. The number of benzene rings is 1. The van der Waals surface area contributed by atoms with Gasteiger partial charge < -0.3 is 14.2 Å². The van der Waals surface area contributed by atoms with Crippen LogP contribution >= 0.6 is 0 Å². The van der Waals surface area contributed by atoms with Crippen LogP contribution in [-0.4, -0.2) is 21.0 Å². The Morgan fingerprint density at radius 1 is 1.29 bits per heavy atom. The largest absolute Gasteiger partial charge is 0.493 e. The van der Waals surface area contributed by atoms with Crippen molar-refractivity contribution in [2.24, 2.45) is 0 Å². The van der Waals surface area contributed by atoms with Crippen LogP contribution in [0.5, 0.6) is 11.5 Å². The van der Waals surface area contributed by atoms with E-state index in [9.17, 15) is 0 Å². The third kappa shape index (κ3) is 2.38. The standard InChI is InChI=1S/C10H11NO3/c1-12-7-14-9-4-3-8(6-11)5-10(9)13-2/h3-5H,7H2,1-2H3. The fourth-order valence-electron chi connectivity index (χ4n) is 0.979. The Morgan fingerprint density at radius 2 is 2.07 bits per heavy atom. The van der Waals surface area contributed by atoms with Gasteiger partial charge in [0.1, 0.15) is 0 Å². The van der Waals surface area contributed by atoms with Gasteiger partial charge in [0.25, 0.3) is 0 Å². The van der Waals surface area contributed by atoms with Crippen LogP contribution in [-0.2, 0) is 4.74 Å². The molecule has 0 saturated heterocycles. The smallest absolute Gasteiger partial charge is 0.188 e. The van der Waals surface area contributed by atoms with E-state index in [4.69, 9.17) is 19.5 Å². The number of ether oxygens (including phenoxy) is 3. The van der Waals surface area contributed by atoms with Crippen molar-refractivity contribution in [3.8, 4) is 17.6 Å². The van der Waals surface area contributed by atoms with Crippen molar-refractivity contribution in [3.05, 3.63) is 23.8 Å². The molecule has 0 aliphatic rings. The molecule has 0 aromatic heterocycles. The highest BCUT2D eigenvalue weighted by molar-refractivity contribution is 5.46. The molecule has 0 unspecified atom stereocenters. The van der Waals surface area contributed by atoms with Crippen molar-refractivity contribution in [2.45, 2.75) is 0 Å². The highest BCUT2D eigenvalue weighted by atomic mass is 16.7. The second-order valence-electron chi connectivity index (χ2n) is 2.53. The Labute approximate surface area is 82.6 Å². The van der Waals surface area contributed by atoms with E-state index in [0.717, 1.165) is 0 Å². The van der Waals surface area contributed by atoms with Crippen molar-refractivity contribution < 1.29 is 14.2 Å². The molecule has 0 N–H and O–H groups in total. The van der Waals surface area contributed by atoms with E-state index in [0.29, 0.717) is 17.1 Å². The summed E-state index contributed by atoms with van der Waals surface area (Å²) in [6, 6.07) is 6.97. The Kier molecular flexibility index (Phi) is 3.77. The van der Waals surface area contributed by atoms with Crippen LogP contribution in [0.15, 0.2) is 18.2 Å². The van der Waals surface area contributed by atoms with Crippen LogP contribution in [0.4, 0.5) is 0 Å². The zero-order chi connectivity index (χ0) is 10.4. The highest BCUT2D eigenvalue weighted by Crippen LogP contribution is 2.27. The van der Waals surface area contributed by atoms with E-state index < -0.39 is 0 Å². The summed E-state index contributed by atoms with van der Waals surface area (Å²) in [4.78, 5) is 0. The SMILES string of the molecule is COCOc1ccc(C#N)cc1OC. The lowest BCUT2D eigenvalue weighted by Gasteiger charge is -2.09. The van der Waals surface area contributed by atoms with Crippen LogP contribution in [0, 0.1) is 11.3 Å². The summed E-state index contributed by atoms with van der Waals surface area (Å²) in [6.45, 7) is 0.155. The van der Waals surface area contributed by atoms with E-state index in [2.05, 4.69) is 0 Å². The highest BCUT2D eigenvalue weighted by Gasteiger charge is 2.04. The van der Waals surface area contributed by atoms with Crippen molar-refractivity contribution in [2.75, 3.05) is 21.0 Å². The molecule has 0 aliphatic heterocycles. The third-order valence-corrected chi connectivity index (χ3v) is 1.63. The number of nitriles is 1. The van der Waals surface area contributed by atoms with E-state index in [1.54, 1.807) is 18.2 Å². The number of methoxy groups -OCH3 is 2. The predicted molar refractivity (Wildman–Crippen MR) is 50.2 cm³/mol. The lowest BCUT2D eigenvalue weighted by atomic mass is 10.2. The van der Waals surface area contributed by atoms with Gasteiger partial charge >= 0.3 is 0 Å². The molecule has 14 heavy (non-hydrogen) atoms. The fourth-order valence-corrected chi connectivity index (χ4v) is 0.979. The second-order valence-corrected chi connectivity index (χ2v) is 2.53. The zero-order valence-corrected chi connectivity index (χ0v) is 8.11. The third-order valence-electron chi connectivity index (χ3n) is 1.63. The minimum Gasteiger partial charge on any atom is -0.493 e. The maximum atomic E-state index is 8.65. The zero-order valence-electron chi connectivity index (χ0n) is 8.11. The lowest BCUT2D eigenvalue weighted by molar-refractivity contribution is 0.0491. The molecule has 0 radical (unpaired) electrons. The summed E-state index contributed by atoms with van der Waals surface area (Å²) in [7, 11) is 3.06. The van der Waals surface area contributed by atoms with Gasteiger partial charge in [0, 0.05) is 13.2 Å². The first-order valence-corrected chi connectivity index (χ1v) is 4.01. The van der Waals surface area contributed by atoms with Gasteiger partial charge in [-0.25, -0.2) is 0 Å². The first kappa shape index (κ1) is 10.4. The predicted octanol–water partition coefficient (Wildman–Crippen LogP) is 1.55. The van der Waals surface area contributed by atoms with Crippen LogP contribution in [0.25, 0.3) is 0 Å². The fraction of sp³-hybridized carbons (Fsp3) is 0.300. The Morgan fingerprint density at radius 3 is 2.64 bits per heavy atom. The molecule has 0 spiro atoms. The molecule has 0 saturated carbocycles. The van der Waals surface area contributed by atoms with Crippen molar-refractivity contribution in [1.29, 1.82) is 5.26 Å².